The molecule has 1 N–H and O–H groups in total. The molecule has 1 atom stereocenters. The third-order valence-corrected chi connectivity index (χ3v) is 4.38. The molecule has 20 heavy (non-hydrogen) atoms. The largest absolute Gasteiger partial charge is 0.508 e. The van der Waals surface area contributed by atoms with E-state index in [1.807, 2.05) is 25.1 Å². The van der Waals surface area contributed by atoms with Crippen LogP contribution in [0.2, 0.25) is 0 Å². The van der Waals surface area contributed by atoms with Gasteiger partial charge in [0.1, 0.15) is 11.6 Å². The fraction of sp³-hybridized carbons (Fsp3) is 0.250. The molecule has 2 aromatic carbocycles. The van der Waals surface area contributed by atoms with Crippen molar-refractivity contribution in [2.24, 2.45) is 0 Å². The van der Waals surface area contributed by atoms with Crippen molar-refractivity contribution in [1.82, 2.24) is 0 Å². The van der Waals surface area contributed by atoms with Gasteiger partial charge in [0, 0.05) is 22.3 Å². The Morgan fingerprint density at radius 1 is 1.25 bits per heavy atom. The van der Waals surface area contributed by atoms with Gasteiger partial charge in [-0.2, -0.15) is 0 Å². The summed E-state index contributed by atoms with van der Waals surface area (Å²) in [6, 6.07) is 10.3. The third kappa shape index (κ3) is 2.29. The number of hydrogen-bond donors (Lipinski definition) is 1. The molecular weight excluding hydrogens is 321 g/mol. The number of halogens is 2. The molecule has 104 valence electrons. The first-order chi connectivity index (χ1) is 9.56. The van der Waals surface area contributed by atoms with Gasteiger partial charge in [0.15, 0.2) is 0 Å². The van der Waals surface area contributed by atoms with E-state index in [2.05, 4.69) is 20.8 Å². The van der Waals surface area contributed by atoms with Crippen LogP contribution in [0.15, 0.2) is 40.9 Å². The number of nitrogens with zero attached hydrogens (tertiary/aromatic N) is 1. The maximum Gasteiger partial charge on any atom is 0.125 e. The lowest BCUT2D eigenvalue weighted by molar-refractivity contribution is 0.461. The van der Waals surface area contributed by atoms with Crippen LogP contribution in [0.5, 0.6) is 5.75 Å². The van der Waals surface area contributed by atoms with Crippen molar-refractivity contribution in [3.63, 3.8) is 0 Å². The summed E-state index contributed by atoms with van der Waals surface area (Å²) in [5, 5.41) is 10.0. The van der Waals surface area contributed by atoms with E-state index in [0.29, 0.717) is 0 Å². The van der Waals surface area contributed by atoms with Crippen LogP contribution in [-0.2, 0) is 6.42 Å². The van der Waals surface area contributed by atoms with Crippen molar-refractivity contribution in [3.8, 4) is 5.75 Å². The smallest absolute Gasteiger partial charge is 0.125 e. The zero-order valence-corrected chi connectivity index (χ0v) is 12.7. The van der Waals surface area contributed by atoms with Gasteiger partial charge in [0.25, 0.3) is 0 Å². The Hall–Kier alpha value is -1.55. The van der Waals surface area contributed by atoms with Crippen LogP contribution < -0.4 is 4.90 Å². The molecule has 0 saturated carbocycles. The molecular formula is C16H15BrFNO. The summed E-state index contributed by atoms with van der Waals surface area (Å²) in [6.45, 7) is 2.87. The highest BCUT2D eigenvalue weighted by Gasteiger charge is 2.26. The van der Waals surface area contributed by atoms with Crippen LogP contribution >= 0.6 is 15.9 Å². The molecule has 0 aliphatic carbocycles. The maximum atomic E-state index is 13.5. The zero-order valence-electron chi connectivity index (χ0n) is 11.1. The molecule has 4 heteroatoms. The highest BCUT2D eigenvalue weighted by atomic mass is 79.9. The number of benzene rings is 2. The molecule has 0 radical (unpaired) electrons. The molecule has 1 heterocycles. The predicted octanol–water partition coefficient (Wildman–Crippen LogP) is 4.42. The second-order valence-corrected chi connectivity index (χ2v) is 6.01. The lowest BCUT2D eigenvalue weighted by Gasteiger charge is -2.28. The summed E-state index contributed by atoms with van der Waals surface area (Å²) < 4.78 is 14.4. The Morgan fingerprint density at radius 3 is 2.85 bits per heavy atom. The van der Waals surface area contributed by atoms with Crippen molar-refractivity contribution in [2.45, 2.75) is 19.4 Å². The van der Waals surface area contributed by atoms with E-state index >= 15 is 0 Å². The van der Waals surface area contributed by atoms with Gasteiger partial charge in [-0.15, -0.1) is 0 Å². The van der Waals surface area contributed by atoms with Gasteiger partial charge >= 0.3 is 0 Å². The first-order valence-corrected chi connectivity index (χ1v) is 7.39. The van der Waals surface area contributed by atoms with Crippen molar-refractivity contribution < 1.29 is 9.50 Å². The lowest BCUT2D eigenvalue weighted by Crippen LogP contribution is -2.24. The fourth-order valence-electron chi connectivity index (χ4n) is 2.81. The summed E-state index contributed by atoms with van der Waals surface area (Å²) in [6.07, 6.45) is 0.911. The van der Waals surface area contributed by atoms with E-state index in [-0.39, 0.29) is 17.6 Å². The minimum atomic E-state index is -0.221. The van der Waals surface area contributed by atoms with E-state index in [4.69, 9.17) is 0 Å². The Kier molecular flexibility index (Phi) is 3.42. The minimum Gasteiger partial charge on any atom is -0.508 e. The number of phenolic OH excluding ortho intramolecular Hbond substituents is 1. The van der Waals surface area contributed by atoms with Gasteiger partial charge < -0.3 is 10.0 Å². The molecule has 1 aliphatic rings. The average molecular weight is 336 g/mol. The molecule has 0 bridgehead atoms. The Morgan fingerprint density at radius 2 is 2.05 bits per heavy atom. The predicted molar refractivity (Wildman–Crippen MR) is 81.7 cm³/mol. The van der Waals surface area contributed by atoms with Crippen LogP contribution in [-0.4, -0.2) is 11.7 Å². The van der Waals surface area contributed by atoms with Crippen molar-refractivity contribution in [2.75, 3.05) is 11.4 Å². The average Bonchev–Trinajstić information content (AvgIpc) is 2.83. The van der Waals surface area contributed by atoms with E-state index < -0.39 is 0 Å². The molecule has 2 nitrogen and oxygen atoms in total. The molecule has 1 unspecified atom stereocenters. The van der Waals surface area contributed by atoms with E-state index in [0.717, 1.165) is 34.3 Å². The number of rotatable bonds is 2. The summed E-state index contributed by atoms with van der Waals surface area (Å²) >= 11 is 3.43. The SMILES string of the molecule is CC(c1cc(Br)ccc1O)N1CCc2ccc(F)cc21. The zero-order chi connectivity index (χ0) is 14.3. The van der Waals surface area contributed by atoms with Gasteiger partial charge in [0.2, 0.25) is 0 Å². The normalized spacial score (nSPS) is 15.2. The van der Waals surface area contributed by atoms with Crippen LogP contribution in [0, 0.1) is 5.82 Å². The monoisotopic (exact) mass is 335 g/mol. The third-order valence-electron chi connectivity index (χ3n) is 3.89. The quantitative estimate of drug-likeness (QED) is 0.878. The standard InChI is InChI=1S/C16H15BrFNO/c1-10(14-8-12(17)3-5-16(14)20)19-7-6-11-2-4-13(18)9-15(11)19/h2-5,8-10,20H,6-7H2,1H3. The van der Waals surface area contributed by atoms with Gasteiger partial charge in [-0.05, 0) is 49.2 Å². The molecule has 1 aliphatic heterocycles. The van der Waals surface area contributed by atoms with Gasteiger partial charge in [-0.25, -0.2) is 4.39 Å². The molecule has 0 spiro atoms. The topological polar surface area (TPSA) is 23.5 Å². The highest BCUT2D eigenvalue weighted by molar-refractivity contribution is 9.10. The summed E-state index contributed by atoms with van der Waals surface area (Å²) in [5.41, 5.74) is 2.93. The Labute approximate surface area is 126 Å². The Bertz CT molecular complexity index is 659. The second kappa shape index (κ2) is 5.09. The first-order valence-electron chi connectivity index (χ1n) is 6.60. The molecule has 2 aromatic rings. The fourth-order valence-corrected chi connectivity index (χ4v) is 3.19. The van der Waals surface area contributed by atoms with Crippen LogP contribution in [0.4, 0.5) is 10.1 Å². The summed E-state index contributed by atoms with van der Waals surface area (Å²) in [7, 11) is 0. The number of phenols is 1. The Balaban J connectivity index is 1.99. The minimum absolute atomic E-state index is 0.00412. The summed E-state index contributed by atoms with van der Waals surface area (Å²) in [4.78, 5) is 2.14. The van der Waals surface area contributed by atoms with E-state index in [1.165, 1.54) is 6.07 Å². The molecule has 0 amide bonds. The van der Waals surface area contributed by atoms with Crippen molar-refractivity contribution >= 4 is 21.6 Å². The van der Waals surface area contributed by atoms with Crippen LogP contribution in [0.25, 0.3) is 0 Å². The summed E-state index contributed by atoms with van der Waals surface area (Å²) in [5.74, 6) is 0.0480. The van der Waals surface area contributed by atoms with Gasteiger partial charge in [-0.1, -0.05) is 22.0 Å². The number of anilines is 1. The first kappa shape index (κ1) is 13.4. The number of aromatic hydroxyl groups is 1. The lowest BCUT2D eigenvalue weighted by atomic mass is 10.1. The van der Waals surface area contributed by atoms with Crippen LogP contribution in [0.3, 0.4) is 0 Å². The number of hydrogen-bond acceptors (Lipinski definition) is 2. The van der Waals surface area contributed by atoms with Gasteiger partial charge in [0.05, 0.1) is 6.04 Å². The van der Waals surface area contributed by atoms with Crippen LogP contribution in [0.1, 0.15) is 24.1 Å². The molecule has 0 aromatic heterocycles. The highest BCUT2D eigenvalue weighted by Crippen LogP contribution is 2.38. The molecule has 0 fully saturated rings. The molecule has 0 saturated heterocycles. The van der Waals surface area contributed by atoms with Crippen molar-refractivity contribution in [1.29, 1.82) is 0 Å². The number of fused-ring (bicyclic) bond motifs is 1. The molecule has 3 rings (SSSR count). The second-order valence-electron chi connectivity index (χ2n) is 5.10. The maximum absolute atomic E-state index is 13.5. The van der Waals surface area contributed by atoms with Crippen molar-refractivity contribution in [3.05, 3.63) is 57.8 Å². The van der Waals surface area contributed by atoms with E-state index in [1.54, 1.807) is 12.1 Å². The van der Waals surface area contributed by atoms with E-state index in [9.17, 15) is 9.50 Å². The van der Waals surface area contributed by atoms with Gasteiger partial charge in [-0.3, -0.25) is 0 Å².